The van der Waals surface area contributed by atoms with Gasteiger partial charge in [-0.3, -0.25) is 0 Å². The molecule has 4 nitrogen and oxygen atoms in total. The fourth-order valence-corrected chi connectivity index (χ4v) is 3.02. The van der Waals surface area contributed by atoms with E-state index >= 15 is 0 Å². The van der Waals surface area contributed by atoms with Gasteiger partial charge in [0.15, 0.2) is 0 Å². The maximum absolute atomic E-state index is 11.9. The number of nitrogens with zero attached hydrogens (tertiary/aromatic N) is 2. The Morgan fingerprint density at radius 3 is 2.32 bits per heavy atom. The zero-order valence-corrected chi connectivity index (χ0v) is 12.9. The Morgan fingerprint density at radius 1 is 1.32 bits per heavy atom. The first kappa shape index (κ1) is 14.6. The molecule has 1 aliphatic heterocycles. The molecule has 1 aliphatic carbocycles. The number of carbonyl (C=O) groups excluding carboxylic acids is 1. The Morgan fingerprint density at radius 2 is 1.89 bits per heavy atom. The SMILES string of the molecule is CC(C)C1(CNC2CCN(C(=O)N(C)C)CC2)CC1. The number of hydrogen-bond donors (Lipinski definition) is 1. The third-order valence-electron chi connectivity index (χ3n) is 5.01. The molecule has 4 heteroatoms. The summed E-state index contributed by atoms with van der Waals surface area (Å²) in [6.07, 6.45) is 4.95. The van der Waals surface area contributed by atoms with Crippen LogP contribution >= 0.6 is 0 Å². The van der Waals surface area contributed by atoms with Gasteiger partial charge in [-0.25, -0.2) is 4.79 Å². The lowest BCUT2D eigenvalue weighted by molar-refractivity contribution is 0.150. The van der Waals surface area contributed by atoms with Crippen molar-refractivity contribution in [2.75, 3.05) is 33.7 Å². The molecule has 19 heavy (non-hydrogen) atoms. The Hall–Kier alpha value is -0.770. The predicted octanol–water partition coefficient (Wildman–Crippen LogP) is 2.16. The first-order valence-corrected chi connectivity index (χ1v) is 7.64. The molecule has 0 aromatic heterocycles. The van der Waals surface area contributed by atoms with Crippen LogP contribution < -0.4 is 5.32 Å². The second-order valence-electron chi connectivity index (χ2n) is 6.84. The fourth-order valence-electron chi connectivity index (χ4n) is 3.02. The van der Waals surface area contributed by atoms with Crippen molar-refractivity contribution in [3.63, 3.8) is 0 Å². The number of nitrogens with one attached hydrogen (secondary N) is 1. The monoisotopic (exact) mass is 267 g/mol. The van der Waals surface area contributed by atoms with Gasteiger partial charge in [-0.1, -0.05) is 13.8 Å². The molecule has 0 aromatic carbocycles. The summed E-state index contributed by atoms with van der Waals surface area (Å²) in [5.41, 5.74) is 0.580. The maximum Gasteiger partial charge on any atom is 0.319 e. The highest BCUT2D eigenvalue weighted by atomic mass is 16.2. The van der Waals surface area contributed by atoms with Crippen LogP contribution in [-0.2, 0) is 0 Å². The molecular formula is C15H29N3O. The fraction of sp³-hybridized carbons (Fsp3) is 0.933. The normalized spacial score (nSPS) is 22.7. The van der Waals surface area contributed by atoms with Gasteiger partial charge < -0.3 is 15.1 Å². The summed E-state index contributed by atoms with van der Waals surface area (Å²) < 4.78 is 0. The molecule has 0 radical (unpaired) electrons. The van der Waals surface area contributed by atoms with Crippen LogP contribution in [0.15, 0.2) is 0 Å². The van der Waals surface area contributed by atoms with E-state index in [-0.39, 0.29) is 6.03 Å². The molecule has 0 unspecified atom stereocenters. The zero-order valence-electron chi connectivity index (χ0n) is 12.9. The van der Waals surface area contributed by atoms with Crippen LogP contribution in [0.2, 0.25) is 0 Å². The van der Waals surface area contributed by atoms with Crippen molar-refractivity contribution in [1.82, 2.24) is 15.1 Å². The quantitative estimate of drug-likeness (QED) is 0.847. The van der Waals surface area contributed by atoms with Crippen molar-refractivity contribution in [2.24, 2.45) is 11.3 Å². The van der Waals surface area contributed by atoms with Crippen LogP contribution in [0.25, 0.3) is 0 Å². The summed E-state index contributed by atoms with van der Waals surface area (Å²) in [5, 5.41) is 3.74. The summed E-state index contributed by atoms with van der Waals surface area (Å²) >= 11 is 0. The van der Waals surface area contributed by atoms with Gasteiger partial charge in [0.1, 0.15) is 0 Å². The van der Waals surface area contributed by atoms with E-state index in [1.165, 1.54) is 12.8 Å². The Balaban J connectivity index is 1.71. The smallest absolute Gasteiger partial charge is 0.319 e. The zero-order chi connectivity index (χ0) is 14.0. The van der Waals surface area contributed by atoms with Gasteiger partial charge in [-0.2, -0.15) is 0 Å². The number of urea groups is 1. The number of piperidine rings is 1. The summed E-state index contributed by atoms with van der Waals surface area (Å²) in [6.45, 7) is 7.63. The van der Waals surface area contributed by atoms with Gasteiger partial charge in [0.2, 0.25) is 0 Å². The van der Waals surface area contributed by atoms with E-state index in [4.69, 9.17) is 0 Å². The molecular weight excluding hydrogens is 238 g/mol. The highest BCUT2D eigenvalue weighted by Crippen LogP contribution is 2.51. The highest BCUT2D eigenvalue weighted by molar-refractivity contribution is 5.73. The largest absolute Gasteiger partial charge is 0.331 e. The summed E-state index contributed by atoms with van der Waals surface area (Å²) in [5.74, 6) is 0.787. The van der Waals surface area contributed by atoms with E-state index < -0.39 is 0 Å². The molecule has 2 fully saturated rings. The van der Waals surface area contributed by atoms with Gasteiger partial charge in [-0.05, 0) is 37.0 Å². The number of rotatable bonds is 4. The lowest BCUT2D eigenvalue weighted by atomic mass is 9.91. The average Bonchev–Trinajstić information content (AvgIpc) is 3.17. The first-order valence-electron chi connectivity index (χ1n) is 7.64. The van der Waals surface area contributed by atoms with Crippen molar-refractivity contribution in [2.45, 2.75) is 45.6 Å². The lowest BCUT2D eigenvalue weighted by Gasteiger charge is -2.35. The minimum atomic E-state index is 0.152. The molecule has 2 aliphatic rings. The van der Waals surface area contributed by atoms with Crippen molar-refractivity contribution in [1.29, 1.82) is 0 Å². The molecule has 2 amide bonds. The molecule has 1 heterocycles. The number of hydrogen-bond acceptors (Lipinski definition) is 2. The molecule has 0 atom stereocenters. The van der Waals surface area contributed by atoms with E-state index in [2.05, 4.69) is 19.2 Å². The van der Waals surface area contributed by atoms with Crippen LogP contribution in [0.5, 0.6) is 0 Å². The molecule has 0 aromatic rings. The Labute approximate surface area is 117 Å². The van der Waals surface area contributed by atoms with Crippen molar-refractivity contribution < 1.29 is 4.79 Å². The molecule has 2 rings (SSSR count). The van der Waals surface area contributed by atoms with Crippen LogP contribution in [0.3, 0.4) is 0 Å². The van der Waals surface area contributed by atoms with Crippen LogP contribution in [-0.4, -0.2) is 55.6 Å². The third-order valence-corrected chi connectivity index (χ3v) is 5.01. The van der Waals surface area contributed by atoms with Crippen molar-refractivity contribution in [3.05, 3.63) is 0 Å². The molecule has 0 spiro atoms. The second kappa shape index (κ2) is 5.70. The van der Waals surface area contributed by atoms with Crippen molar-refractivity contribution in [3.8, 4) is 0 Å². The average molecular weight is 267 g/mol. The van der Waals surface area contributed by atoms with Gasteiger partial charge in [-0.15, -0.1) is 0 Å². The molecule has 110 valence electrons. The van der Waals surface area contributed by atoms with Gasteiger partial charge in [0.05, 0.1) is 0 Å². The molecule has 1 saturated heterocycles. The molecule has 0 bridgehead atoms. The Kier molecular flexibility index (Phi) is 4.39. The minimum Gasteiger partial charge on any atom is -0.331 e. The van der Waals surface area contributed by atoms with Crippen LogP contribution in [0.1, 0.15) is 39.5 Å². The Bertz CT molecular complexity index is 315. The summed E-state index contributed by atoms with van der Waals surface area (Å²) in [7, 11) is 3.65. The predicted molar refractivity (Wildman–Crippen MR) is 78.2 cm³/mol. The van der Waals surface area contributed by atoms with Crippen LogP contribution in [0, 0.1) is 11.3 Å². The standard InChI is InChI=1S/C15H29N3O/c1-12(2)15(7-8-15)11-16-13-5-9-18(10-6-13)14(19)17(3)4/h12-13,16H,5-11H2,1-4H3. The number of amides is 2. The second-order valence-corrected chi connectivity index (χ2v) is 6.84. The topological polar surface area (TPSA) is 35.6 Å². The lowest BCUT2D eigenvalue weighted by Crippen LogP contribution is -2.49. The van der Waals surface area contributed by atoms with E-state index in [9.17, 15) is 4.79 Å². The summed E-state index contributed by atoms with van der Waals surface area (Å²) in [4.78, 5) is 15.5. The van der Waals surface area contributed by atoms with E-state index in [0.29, 0.717) is 11.5 Å². The number of carbonyl (C=O) groups is 1. The van der Waals surface area contributed by atoms with Gasteiger partial charge in [0, 0.05) is 39.8 Å². The number of likely N-dealkylation sites (tertiary alicyclic amines) is 1. The van der Waals surface area contributed by atoms with Crippen LogP contribution in [0.4, 0.5) is 4.79 Å². The third kappa shape index (κ3) is 3.41. The maximum atomic E-state index is 11.9. The summed E-state index contributed by atoms with van der Waals surface area (Å²) in [6, 6.07) is 0.752. The van der Waals surface area contributed by atoms with E-state index in [1.807, 2.05) is 19.0 Å². The van der Waals surface area contributed by atoms with Gasteiger partial charge in [0.25, 0.3) is 0 Å². The molecule has 1 saturated carbocycles. The van der Waals surface area contributed by atoms with Gasteiger partial charge >= 0.3 is 6.03 Å². The van der Waals surface area contributed by atoms with E-state index in [0.717, 1.165) is 38.4 Å². The first-order chi connectivity index (χ1) is 8.94. The van der Waals surface area contributed by atoms with Crippen molar-refractivity contribution >= 4 is 6.03 Å². The van der Waals surface area contributed by atoms with E-state index in [1.54, 1.807) is 4.90 Å². The molecule has 1 N–H and O–H groups in total. The minimum absolute atomic E-state index is 0.152. The highest BCUT2D eigenvalue weighted by Gasteiger charge is 2.45.